The molecule has 0 aliphatic carbocycles. The van der Waals surface area contributed by atoms with Crippen LogP contribution in [-0.2, 0) is 0 Å². The highest BCUT2D eigenvalue weighted by molar-refractivity contribution is 5.85. The highest BCUT2D eigenvalue weighted by Gasteiger charge is 2.23. The van der Waals surface area contributed by atoms with Gasteiger partial charge in [0, 0.05) is 25.4 Å². The van der Waals surface area contributed by atoms with Crippen molar-refractivity contribution in [3.05, 3.63) is 58.3 Å². The Kier molecular flexibility index (Phi) is 4.01. The van der Waals surface area contributed by atoms with Crippen LogP contribution in [0.4, 0.5) is 34.8 Å². The summed E-state index contributed by atoms with van der Waals surface area (Å²) in [5.41, 5.74) is 4.29. The van der Waals surface area contributed by atoms with E-state index < -0.39 is 4.92 Å². The van der Waals surface area contributed by atoms with Crippen LogP contribution in [0.5, 0.6) is 0 Å². The number of benzene rings is 1. The second-order valence-electron chi connectivity index (χ2n) is 5.58. The van der Waals surface area contributed by atoms with E-state index in [0.29, 0.717) is 23.0 Å². The molecule has 0 radical (unpaired) electrons. The average molecular weight is 363 g/mol. The summed E-state index contributed by atoms with van der Waals surface area (Å²) in [6.45, 7) is 0. The molecule has 0 bridgehead atoms. The third kappa shape index (κ3) is 3.20. The fourth-order valence-electron chi connectivity index (χ4n) is 2.52. The molecule has 27 heavy (non-hydrogen) atoms. The first-order valence-electron chi connectivity index (χ1n) is 7.86. The van der Waals surface area contributed by atoms with Gasteiger partial charge in [-0.3, -0.25) is 10.1 Å². The normalized spacial score (nSPS) is 12.3. The van der Waals surface area contributed by atoms with Crippen LogP contribution < -0.4 is 15.6 Å². The van der Waals surface area contributed by atoms with Gasteiger partial charge in [0.25, 0.3) is 11.6 Å². The van der Waals surface area contributed by atoms with Gasteiger partial charge >= 0.3 is 0 Å². The fourth-order valence-corrected chi connectivity index (χ4v) is 2.52. The van der Waals surface area contributed by atoms with Crippen molar-refractivity contribution in [3.63, 3.8) is 0 Å². The van der Waals surface area contributed by atoms with E-state index in [1.807, 2.05) is 24.1 Å². The highest BCUT2D eigenvalue weighted by Crippen LogP contribution is 2.38. The van der Waals surface area contributed by atoms with Crippen molar-refractivity contribution in [1.82, 2.24) is 20.2 Å². The van der Waals surface area contributed by atoms with Crippen molar-refractivity contribution in [2.75, 3.05) is 22.7 Å². The Morgan fingerprint density at radius 3 is 2.81 bits per heavy atom. The molecule has 1 aromatic carbocycles. The third-order valence-electron chi connectivity index (χ3n) is 3.85. The Morgan fingerprint density at radius 1 is 1.22 bits per heavy atom. The van der Waals surface area contributed by atoms with E-state index in [-0.39, 0.29) is 11.6 Å². The monoisotopic (exact) mass is 363 g/mol. The van der Waals surface area contributed by atoms with Gasteiger partial charge in [-0.15, -0.1) is 10.2 Å². The molecule has 3 aromatic rings. The number of anilines is 5. The molecular formula is C16H13N9O2. The molecule has 134 valence electrons. The number of hydrogen-bond donors (Lipinski definition) is 2. The minimum atomic E-state index is -0.454. The molecule has 2 N–H and O–H groups in total. The van der Waals surface area contributed by atoms with Crippen LogP contribution in [0.1, 0.15) is 5.56 Å². The topological polar surface area (TPSA) is 134 Å². The van der Waals surface area contributed by atoms with Crippen LogP contribution in [0.2, 0.25) is 0 Å². The lowest BCUT2D eigenvalue weighted by Crippen LogP contribution is -2.21. The first kappa shape index (κ1) is 16.3. The molecule has 1 aliphatic heterocycles. The van der Waals surface area contributed by atoms with Crippen LogP contribution in [0, 0.1) is 10.1 Å². The van der Waals surface area contributed by atoms with Crippen molar-refractivity contribution < 1.29 is 4.92 Å². The van der Waals surface area contributed by atoms with Crippen LogP contribution in [-0.4, -0.2) is 38.4 Å². The van der Waals surface area contributed by atoms with E-state index in [0.717, 1.165) is 5.69 Å². The maximum Gasteiger partial charge on any atom is 0.269 e. The number of nitro groups is 1. The zero-order chi connectivity index (χ0) is 18.8. The largest absolute Gasteiger partial charge is 0.323 e. The maximum absolute atomic E-state index is 10.7. The number of non-ortho nitro benzene ring substituents is 1. The minimum Gasteiger partial charge on any atom is -0.323 e. The first-order valence-corrected chi connectivity index (χ1v) is 7.86. The lowest BCUT2D eigenvalue weighted by Gasteiger charge is -2.27. The van der Waals surface area contributed by atoms with E-state index in [2.05, 4.69) is 36.0 Å². The van der Waals surface area contributed by atoms with Crippen LogP contribution in [0.25, 0.3) is 0 Å². The summed E-state index contributed by atoms with van der Waals surface area (Å²) in [7, 11) is 1.86. The first-order chi connectivity index (χ1) is 13.1. The molecule has 11 heteroatoms. The number of hydrazone groups is 1. The van der Waals surface area contributed by atoms with Gasteiger partial charge in [0.15, 0.2) is 17.5 Å². The fraction of sp³-hybridized carbons (Fsp3) is 0.0625. The molecule has 0 spiro atoms. The zero-order valence-electron chi connectivity index (χ0n) is 14.1. The Balaban J connectivity index is 1.50. The maximum atomic E-state index is 10.7. The molecule has 0 fully saturated rings. The second-order valence-corrected chi connectivity index (χ2v) is 5.58. The van der Waals surface area contributed by atoms with E-state index in [1.54, 1.807) is 18.3 Å². The molecule has 11 nitrogen and oxygen atoms in total. The number of rotatable bonds is 4. The van der Waals surface area contributed by atoms with E-state index in [4.69, 9.17) is 0 Å². The van der Waals surface area contributed by atoms with E-state index >= 15 is 0 Å². The molecule has 0 unspecified atom stereocenters. The molecule has 0 saturated heterocycles. The number of nitrogens with one attached hydrogen (secondary N) is 2. The molecule has 4 rings (SSSR count). The summed E-state index contributed by atoms with van der Waals surface area (Å²) in [5, 5.41) is 25.9. The van der Waals surface area contributed by atoms with Crippen molar-refractivity contribution in [2.24, 2.45) is 5.10 Å². The van der Waals surface area contributed by atoms with Gasteiger partial charge in [0.05, 0.1) is 16.8 Å². The highest BCUT2D eigenvalue weighted by atomic mass is 16.6. The zero-order valence-corrected chi connectivity index (χ0v) is 14.1. The SMILES string of the molecule is CN1c2cccnc2Nc2nnc(NN=Cc3ccc([N+](=O)[O-])cc3)nc21. The molecule has 0 atom stereocenters. The number of pyridine rings is 1. The Morgan fingerprint density at radius 2 is 2.04 bits per heavy atom. The van der Waals surface area contributed by atoms with Gasteiger partial charge in [-0.25, -0.2) is 10.4 Å². The lowest BCUT2D eigenvalue weighted by molar-refractivity contribution is -0.384. The summed E-state index contributed by atoms with van der Waals surface area (Å²) in [5.74, 6) is 1.97. The Hall–Kier alpha value is -4.15. The summed E-state index contributed by atoms with van der Waals surface area (Å²) in [6, 6.07) is 9.76. The number of hydrogen-bond acceptors (Lipinski definition) is 10. The van der Waals surface area contributed by atoms with Crippen LogP contribution in [0.15, 0.2) is 47.7 Å². The summed E-state index contributed by atoms with van der Waals surface area (Å²) >= 11 is 0. The van der Waals surface area contributed by atoms with E-state index in [9.17, 15) is 10.1 Å². The van der Waals surface area contributed by atoms with Crippen molar-refractivity contribution in [1.29, 1.82) is 0 Å². The smallest absolute Gasteiger partial charge is 0.269 e. The number of nitrogens with zero attached hydrogens (tertiary/aromatic N) is 7. The number of nitro benzene ring substituents is 1. The predicted molar refractivity (Wildman–Crippen MR) is 99.7 cm³/mol. The summed E-state index contributed by atoms with van der Waals surface area (Å²) in [6.07, 6.45) is 3.20. The van der Waals surface area contributed by atoms with Gasteiger partial charge < -0.3 is 10.2 Å². The lowest BCUT2D eigenvalue weighted by atomic mass is 10.2. The van der Waals surface area contributed by atoms with Gasteiger partial charge in [0.1, 0.15) is 0 Å². The van der Waals surface area contributed by atoms with Gasteiger partial charge in [-0.05, 0) is 29.8 Å². The predicted octanol–water partition coefficient (Wildman–Crippen LogP) is 2.45. The standard InChI is InChI=1S/C16H13N9O2/c1-24-12-3-2-8-17-13(12)19-14-15(24)20-16(23-21-14)22-18-9-10-4-6-11(7-5-10)25(26)27/h2-9H,1H3,(H,17,19,21)(H,20,22,23). The van der Waals surface area contributed by atoms with Gasteiger partial charge in [-0.1, -0.05) is 0 Å². The Bertz CT molecular complexity index is 1040. The summed E-state index contributed by atoms with van der Waals surface area (Å²) < 4.78 is 0. The quantitative estimate of drug-likeness (QED) is 0.407. The van der Waals surface area contributed by atoms with Crippen LogP contribution >= 0.6 is 0 Å². The van der Waals surface area contributed by atoms with Crippen molar-refractivity contribution in [2.45, 2.75) is 0 Å². The number of fused-ring (bicyclic) bond motifs is 2. The molecule has 0 amide bonds. The Labute approximate surface area is 152 Å². The average Bonchev–Trinajstić information content (AvgIpc) is 2.69. The molecule has 2 aromatic heterocycles. The molecule has 1 aliphatic rings. The second kappa shape index (κ2) is 6.63. The molecule has 3 heterocycles. The van der Waals surface area contributed by atoms with E-state index in [1.165, 1.54) is 18.3 Å². The molecule has 0 saturated carbocycles. The van der Waals surface area contributed by atoms with Crippen molar-refractivity contribution >= 4 is 41.0 Å². The van der Waals surface area contributed by atoms with Gasteiger partial charge in [-0.2, -0.15) is 10.1 Å². The van der Waals surface area contributed by atoms with Gasteiger partial charge in [0.2, 0.25) is 0 Å². The third-order valence-corrected chi connectivity index (χ3v) is 3.85. The minimum absolute atomic E-state index is 0.0210. The number of aromatic nitrogens is 4. The molecular weight excluding hydrogens is 350 g/mol. The van der Waals surface area contributed by atoms with Crippen molar-refractivity contribution in [3.8, 4) is 0 Å². The van der Waals surface area contributed by atoms with Crippen LogP contribution in [0.3, 0.4) is 0 Å². The summed E-state index contributed by atoms with van der Waals surface area (Å²) in [4.78, 5) is 20.7.